The number of nitrogens with zero attached hydrogens (tertiary/aromatic N) is 2. The van der Waals surface area contributed by atoms with Crippen LogP contribution >= 0.6 is 15.9 Å². The first kappa shape index (κ1) is 15.9. The van der Waals surface area contributed by atoms with Crippen molar-refractivity contribution in [2.45, 2.75) is 33.4 Å². The molecule has 1 aromatic carbocycles. The molecular weight excluding hydrogens is 337 g/mol. The van der Waals surface area contributed by atoms with Crippen LogP contribution in [-0.2, 0) is 6.54 Å². The molecule has 2 rings (SSSR count). The summed E-state index contributed by atoms with van der Waals surface area (Å²) >= 11 is 3.12. The monoisotopic (exact) mass is 353 g/mol. The topological polar surface area (TPSA) is 47.0 Å². The Bertz CT molecular complexity index is 634. The van der Waals surface area contributed by atoms with Gasteiger partial charge in [-0.2, -0.15) is 4.98 Å². The zero-order chi connectivity index (χ0) is 15.4. The van der Waals surface area contributed by atoms with Gasteiger partial charge in [-0.25, -0.2) is 9.37 Å². The van der Waals surface area contributed by atoms with Crippen LogP contribution in [-0.4, -0.2) is 16.0 Å². The fourth-order valence-corrected chi connectivity index (χ4v) is 2.01. The molecule has 0 radical (unpaired) electrons. The Balaban J connectivity index is 2.10. The van der Waals surface area contributed by atoms with Gasteiger partial charge in [0.25, 0.3) is 0 Å². The molecule has 0 bridgehead atoms. The molecule has 1 N–H and O–H groups in total. The number of ether oxygens (including phenoxy) is 1. The lowest BCUT2D eigenvalue weighted by molar-refractivity contribution is 0.437. The summed E-state index contributed by atoms with van der Waals surface area (Å²) in [6.07, 6.45) is 1.74. The number of hydrogen-bond donors (Lipinski definition) is 1. The van der Waals surface area contributed by atoms with E-state index >= 15 is 0 Å². The summed E-state index contributed by atoms with van der Waals surface area (Å²) in [6, 6.07) is 5.05. The summed E-state index contributed by atoms with van der Waals surface area (Å²) in [6.45, 7) is 6.79. The third-order valence-corrected chi connectivity index (χ3v) is 3.47. The first-order valence-electron chi connectivity index (χ1n) is 6.64. The van der Waals surface area contributed by atoms with Crippen LogP contribution in [0.1, 0.15) is 25.1 Å². The van der Waals surface area contributed by atoms with Crippen LogP contribution in [0.25, 0.3) is 0 Å². The highest BCUT2D eigenvalue weighted by Gasteiger charge is 2.07. The molecule has 0 aliphatic rings. The zero-order valence-electron chi connectivity index (χ0n) is 12.2. The third kappa shape index (κ3) is 4.47. The quantitative estimate of drug-likeness (QED) is 0.883. The summed E-state index contributed by atoms with van der Waals surface area (Å²) < 4.78 is 19.0. The molecule has 1 heterocycles. The van der Waals surface area contributed by atoms with Crippen molar-refractivity contribution in [1.82, 2.24) is 15.3 Å². The second-order valence-corrected chi connectivity index (χ2v) is 5.83. The van der Waals surface area contributed by atoms with E-state index in [4.69, 9.17) is 4.74 Å². The van der Waals surface area contributed by atoms with Gasteiger partial charge in [-0.3, -0.25) is 0 Å². The number of hydrogen-bond acceptors (Lipinski definition) is 4. The van der Waals surface area contributed by atoms with Gasteiger partial charge in [-0.1, -0.05) is 13.8 Å². The van der Waals surface area contributed by atoms with Crippen molar-refractivity contribution in [3.05, 3.63) is 45.9 Å². The van der Waals surface area contributed by atoms with Crippen LogP contribution in [0, 0.1) is 12.7 Å². The van der Waals surface area contributed by atoms with E-state index in [1.54, 1.807) is 12.3 Å². The lowest BCUT2D eigenvalue weighted by Gasteiger charge is -2.11. The van der Waals surface area contributed by atoms with E-state index in [-0.39, 0.29) is 11.8 Å². The Hall–Kier alpha value is -1.53. The molecule has 0 unspecified atom stereocenters. The highest BCUT2D eigenvalue weighted by atomic mass is 79.9. The maximum atomic E-state index is 13.2. The summed E-state index contributed by atoms with van der Waals surface area (Å²) in [7, 11) is 0. The van der Waals surface area contributed by atoms with E-state index in [9.17, 15) is 4.39 Å². The average molecular weight is 354 g/mol. The summed E-state index contributed by atoms with van der Waals surface area (Å²) in [5.41, 5.74) is 1.88. The zero-order valence-corrected chi connectivity index (χ0v) is 13.7. The van der Waals surface area contributed by atoms with Crippen LogP contribution in [0.3, 0.4) is 0 Å². The minimum absolute atomic E-state index is 0.249. The smallest absolute Gasteiger partial charge is 0.322 e. The number of halogens is 2. The van der Waals surface area contributed by atoms with Crippen molar-refractivity contribution in [3.8, 4) is 11.8 Å². The highest BCUT2D eigenvalue weighted by molar-refractivity contribution is 9.10. The van der Waals surface area contributed by atoms with E-state index in [2.05, 4.69) is 45.1 Å². The fourth-order valence-electron chi connectivity index (χ4n) is 1.65. The van der Waals surface area contributed by atoms with Crippen LogP contribution in [0.15, 0.2) is 28.9 Å². The van der Waals surface area contributed by atoms with Gasteiger partial charge < -0.3 is 10.1 Å². The number of benzene rings is 1. The normalized spacial score (nSPS) is 11.0. The second-order valence-electron chi connectivity index (χ2n) is 4.98. The van der Waals surface area contributed by atoms with E-state index in [0.29, 0.717) is 22.8 Å². The van der Waals surface area contributed by atoms with Gasteiger partial charge >= 0.3 is 6.01 Å². The van der Waals surface area contributed by atoms with Gasteiger partial charge in [0.15, 0.2) is 0 Å². The molecule has 0 amide bonds. The number of aryl methyl sites for hydroxylation is 1. The molecule has 6 heteroatoms. The predicted molar refractivity (Wildman–Crippen MR) is 82.9 cm³/mol. The fraction of sp³-hybridized carbons (Fsp3) is 0.333. The molecule has 0 saturated carbocycles. The molecule has 2 aromatic rings. The van der Waals surface area contributed by atoms with E-state index in [0.717, 1.165) is 11.3 Å². The molecule has 0 aliphatic carbocycles. The van der Waals surface area contributed by atoms with Crippen molar-refractivity contribution < 1.29 is 9.13 Å². The summed E-state index contributed by atoms with van der Waals surface area (Å²) in [5, 5.41) is 3.32. The molecular formula is C15H17BrFN3O. The molecule has 4 nitrogen and oxygen atoms in total. The first-order valence-corrected chi connectivity index (χ1v) is 7.44. The Labute approximate surface area is 131 Å². The minimum atomic E-state index is -0.338. The number of nitrogens with one attached hydrogen (secondary N) is 1. The van der Waals surface area contributed by atoms with E-state index in [1.165, 1.54) is 12.1 Å². The first-order chi connectivity index (χ1) is 9.95. The summed E-state index contributed by atoms with van der Waals surface area (Å²) in [4.78, 5) is 8.50. The molecule has 0 fully saturated rings. The third-order valence-electron chi connectivity index (χ3n) is 2.86. The van der Waals surface area contributed by atoms with E-state index < -0.39 is 0 Å². The van der Waals surface area contributed by atoms with Crippen LogP contribution in [0.4, 0.5) is 4.39 Å². The van der Waals surface area contributed by atoms with Crippen LogP contribution in [0.2, 0.25) is 0 Å². The molecule has 0 spiro atoms. The standard InChI is InChI=1S/C15H17BrFN3O/c1-9(2)18-7-11-8-19-15(20-10(11)3)21-12-4-5-14(17)13(16)6-12/h4-6,8-9,18H,7H2,1-3H3. The largest absolute Gasteiger partial charge is 0.424 e. The minimum Gasteiger partial charge on any atom is -0.424 e. The van der Waals surface area contributed by atoms with Crippen molar-refractivity contribution in [1.29, 1.82) is 0 Å². The Morgan fingerprint density at radius 3 is 2.76 bits per heavy atom. The molecule has 1 aromatic heterocycles. The summed E-state index contributed by atoms with van der Waals surface area (Å²) in [5.74, 6) is 0.144. The molecule has 0 atom stereocenters. The van der Waals surface area contributed by atoms with Gasteiger partial charge in [-0.15, -0.1) is 0 Å². The average Bonchev–Trinajstić information content (AvgIpc) is 2.42. The van der Waals surface area contributed by atoms with Gasteiger partial charge in [0.05, 0.1) is 4.47 Å². The maximum Gasteiger partial charge on any atom is 0.322 e. The Kier molecular flexibility index (Phi) is 5.25. The molecule has 112 valence electrons. The van der Waals surface area contributed by atoms with Crippen molar-refractivity contribution in [3.63, 3.8) is 0 Å². The van der Waals surface area contributed by atoms with Gasteiger partial charge in [-0.05, 0) is 41.1 Å². The number of aromatic nitrogens is 2. The molecule has 21 heavy (non-hydrogen) atoms. The Morgan fingerprint density at radius 1 is 1.38 bits per heavy atom. The predicted octanol–water partition coefficient (Wildman–Crippen LogP) is 3.98. The van der Waals surface area contributed by atoms with Crippen LogP contribution < -0.4 is 10.1 Å². The highest BCUT2D eigenvalue weighted by Crippen LogP contribution is 2.24. The maximum absolute atomic E-state index is 13.2. The van der Waals surface area contributed by atoms with Crippen molar-refractivity contribution in [2.75, 3.05) is 0 Å². The second kappa shape index (κ2) is 6.95. The van der Waals surface area contributed by atoms with Gasteiger partial charge in [0, 0.05) is 30.0 Å². The molecule has 0 saturated heterocycles. The lowest BCUT2D eigenvalue weighted by atomic mass is 10.2. The Morgan fingerprint density at radius 2 is 2.14 bits per heavy atom. The van der Waals surface area contributed by atoms with E-state index in [1.807, 2.05) is 6.92 Å². The van der Waals surface area contributed by atoms with Crippen molar-refractivity contribution in [2.24, 2.45) is 0 Å². The van der Waals surface area contributed by atoms with Crippen LogP contribution in [0.5, 0.6) is 11.8 Å². The van der Waals surface area contributed by atoms with Gasteiger partial charge in [0.1, 0.15) is 11.6 Å². The molecule has 0 aliphatic heterocycles. The lowest BCUT2D eigenvalue weighted by Crippen LogP contribution is -2.22. The van der Waals surface area contributed by atoms with Gasteiger partial charge in [0.2, 0.25) is 0 Å². The number of rotatable bonds is 5. The SMILES string of the molecule is Cc1nc(Oc2ccc(F)c(Br)c2)ncc1CNC(C)C. The van der Waals surface area contributed by atoms with Crippen molar-refractivity contribution >= 4 is 15.9 Å².